The molecule has 0 unspecified atom stereocenters. The number of furan rings is 1. The molecule has 0 bridgehead atoms. The fraction of sp³-hybridized carbons (Fsp3) is 0.360. The van der Waals surface area contributed by atoms with Gasteiger partial charge in [0.05, 0.1) is 42.9 Å². The highest BCUT2D eigenvalue weighted by molar-refractivity contribution is 7.89. The minimum absolute atomic E-state index is 0.0202. The van der Waals surface area contributed by atoms with Crippen LogP contribution in [0.2, 0.25) is 0 Å². The third kappa shape index (κ3) is 6.51. The van der Waals surface area contributed by atoms with Crippen LogP contribution >= 0.6 is 0 Å². The second-order valence-corrected chi connectivity index (χ2v) is 12.2. The summed E-state index contributed by atoms with van der Waals surface area (Å²) in [5.41, 5.74) is 0.672. The number of nitrogens with zero attached hydrogens (tertiary/aromatic N) is 1. The average Bonchev–Trinajstić information content (AvgIpc) is 3.62. The van der Waals surface area contributed by atoms with Crippen molar-refractivity contribution in [3.8, 4) is 11.5 Å². The van der Waals surface area contributed by atoms with Crippen LogP contribution in [0.15, 0.2) is 75.1 Å². The van der Waals surface area contributed by atoms with E-state index in [4.69, 9.17) is 18.6 Å². The summed E-state index contributed by atoms with van der Waals surface area (Å²) in [5, 5.41) is 0. The lowest BCUT2D eigenvalue weighted by Gasteiger charge is -2.22. The number of hydrogen-bond donors (Lipinski definition) is 1. The number of sulfonamides is 2. The Morgan fingerprint density at radius 1 is 0.946 bits per heavy atom. The molecule has 1 N–H and O–H groups in total. The van der Waals surface area contributed by atoms with E-state index < -0.39 is 20.0 Å². The minimum atomic E-state index is -4.03. The Kier molecular flexibility index (Phi) is 8.55. The van der Waals surface area contributed by atoms with Crippen molar-refractivity contribution in [2.75, 3.05) is 27.4 Å². The summed E-state index contributed by atoms with van der Waals surface area (Å²) < 4.78 is 77.9. The van der Waals surface area contributed by atoms with E-state index in [-0.39, 0.29) is 35.5 Å². The van der Waals surface area contributed by atoms with Crippen molar-refractivity contribution in [3.05, 3.63) is 72.2 Å². The van der Waals surface area contributed by atoms with Gasteiger partial charge in [-0.3, -0.25) is 0 Å². The molecular formula is C25H30N2O8S2. The van der Waals surface area contributed by atoms with E-state index >= 15 is 0 Å². The Balaban J connectivity index is 1.57. The molecule has 2 aromatic carbocycles. The zero-order valence-electron chi connectivity index (χ0n) is 20.6. The summed E-state index contributed by atoms with van der Waals surface area (Å²) in [6.07, 6.45) is 3.02. The predicted octanol–water partition coefficient (Wildman–Crippen LogP) is 3.15. The van der Waals surface area contributed by atoms with Crippen molar-refractivity contribution in [1.82, 2.24) is 9.03 Å². The smallest absolute Gasteiger partial charge is 0.243 e. The van der Waals surface area contributed by atoms with Gasteiger partial charge in [-0.1, -0.05) is 6.07 Å². The third-order valence-electron chi connectivity index (χ3n) is 6.02. The molecule has 0 aliphatic carbocycles. The number of rotatable bonds is 12. The summed E-state index contributed by atoms with van der Waals surface area (Å²) in [6.45, 7) is 0.792. The molecular weight excluding hydrogens is 520 g/mol. The Labute approximate surface area is 217 Å². The third-order valence-corrected chi connectivity index (χ3v) is 9.26. The minimum Gasteiger partial charge on any atom is -0.493 e. The highest BCUT2D eigenvalue weighted by Crippen LogP contribution is 2.30. The molecule has 2 heterocycles. The molecule has 1 saturated heterocycles. The molecule has 1 atom stereocenters. The van der Waals surface area contributed by atoms with Gasteiger partial charge in [-0.15, -0.1) is 0 Å². The summed E-state index contributed by atoms with van der Waals surface area (Å²) >= 11 is 0. The summed E-state index contributed by atoms with van der Waals surface area (Å²) in [5.74, 6) is 1.46. The van der Waals surface area contributed by atoms with E-state index in [1.807, 2.05) is 0 Å². The summed E-state index contributed by atoms with van der Waals surface area (Å²) in [6, 6.07) is 13.7. The monoisotopic (exact) mass is 550 g/mol. The van der Waals surface area contributed by atoms with Gasteiger partial charge in [-0.05, 0) is 66.9 Å². The van der Waals surface area contributed by atoms with Gasteiger partial charge in [-0.25, -0.2) is 21.6 Å². The zero-order chi connectivity index (χ0) is 26.5. The van der Waals surface area contributed by atoms with Crippen LogP contribution in [0.4, 0.5) is 0 Å². The van der Waals surface area contributed by atoms with Crippen LogP contribution in [-0.2, 0) is 37.9 Å². The standard InChI is InChI=1S/C25H30N2O8S2/c1-32-24-12-7-19(15-25(24)33-2)17-27(18-21-6-4-14-35-21)37(30,31)23-10-8-22(9-11-23)36(28,29)26-16-20-5-3-13-34-20/h4,6-12,14-15,20,26H,3,5,13,16-18H2,1-2H3/t20-/m0/s1. The molecule has 10 nitrogen and oxygen atoms in total. The van der Waals surface area contributed by atoms with E-state index in [1.54, 1.807) is 30.3 Å². The average molecular weight is 551 g/mol. The van der Waals surface area contributed by atoms with Crippen molar-refractivity contribution in [2.45, 2.75) is 41.8 Å². The molecule has 0 saturated carbocycles. The van der Waals surface area contributed by atoms with Gasteiger partial charge >= 0.3 is 0 Å². The molecule has 1 fully saturated rings. The van der Waals surface area contributed by atoms with Gasteiger partial charge < -0.3 is 18.6 Å². The Morgan fingerprint density at radius 2 is 1.68 bits per heavy atom. The second kappa shape index (κ2) is 11.7. The normalized spacial score (nSPS) is 16.2. The molecule has 4 rings (SSSR count). The lowest BCUT2D eigenvalue weighted by Crippen LogP contribution is -2.32. The molecule has 37 heavy (non-hydrogen) atoms. The number of hydrogen-bond acceptors (Lipinski definition) is 8. The van der Waals surface area contributed by atoms with Gasteiger partial charge in [0.25, 0.3) is 0 Å². The number of nitrogens with one attached hydrogen (secondary N) is 1. The van der Waals surface area contributed by atoms with Gasteiger partial charge in [0.2, 0.25) is 20.0 Å². The highest BCUT2D eigenvalue weighted by Gasteiger charge is 2.27. The van der Waals surface area contributed by atoms with Crippen LogP contribution < -0.4 is 14.2 Å². The highest BCUT2D eigenvalue weighted by atomic mass is 32.2. The summed E-state index contributed by atoms with van der Waals surface area (Å²) in [7, 11) is -4.82. The first kappa shape index (κ1) is 27.1. The summed E-state index contributed by atoms with van der Waals surface area (Å²) in [4.78, 5) is -0.0699. The maximum atomic E-state index is 13.6. The van der Waals surface area contributed by atoms with E-state index in [0.717, 1.165) is 12.8 Å². The molecule has 1 aromatic heterocycles. The van der Waals surface area contributed by atoms with Crippen molar-refractivity contribution in [3.63, 3.8) is 0 Å². The first-order valence-corrected chi connectivity index (χ1v) is 14.6. The molecule has 1 aliphatic rings. The zero-order valence-corrected chi connectivity index (χ0v) is 22.3. The SMILES string of the molecule is COc1ccc(CN(Cc2ccco2)S(=O)(=O)c2ccc(S(=O)(=O)NC[C@@H]3CCCO3)cc2)cc1OC. The van der Waals surface area contributed by atoms with Gasteiger partial charge in [0.1, 0.15) is 5.76 Å². The molecule has 0 amide bonds. The van der Waals surface area contributed by atoms with Crippen molar-refractivity contribution < 1.29 is 35.5 Å². The van der Waals surface area contributed by atoms with Crippen LogP contribution in [0.5, 0.6) is 11.5 Å². The largest absolute Gasteiger partial charge is 0.493 e. The second-order valence-electron chi connectivity index (χ2n) is 8.50. The first-order chi connectivity index (χ1) is 17.7. The quantitative estimate of drug-likeness (QED) is 0.365. The molecule has 1 aliphatic heterocycles. The fourth-order valence-electron chi connectivity index (χ4n) is 4.02. The Hall–Kier alpha value is -2.90. The van der Waals surface area contributed by atoms with Crippen molar-refractivity contribution in [2.24, 2.45) is 0 Å². The lowest BCUT2D eigenvalue weighted by molar-refractivity contribution is 0.114. The van der Waals surface area contributed by atoms with Crippen LogP contribution in [0.25, 0.3) is 0 Å². The van der Waals surface area contributed by atoms with Crippen LogP contribution in [0, 0.1) is 0 Å². The van der Waals surface area contributed by atoms with Crippen molar-refractivity contribution in [1.29, 1.82) is 0 Å². The van der Waals surface area contributed by atoms with Crippen molar-refractivity contribution >= 4 is 20.0 Å². The van der Waals surface area contributed by atoms with E-state index in [2.05, 4.69) is 4.72 Å². The van der Waals surface area contributed by atoms with E-state index in [1.165, 1.54) is 49.1 Å². The molecule has 12 heteroatoms. The van der Waals surface area contributed by atoms with E-state index in [9.17, 15) is 16.8 Å². The number of ether oxygens (including phenoxy) is 3. The molecule has 200 valence electrons. The van der Waals surface area contributed by atoms with Gasteiger partial charge in [0, 0.05) is 19.7 Å². The van der Waals surface area contributed by atoms with Crippen LogP contribution in [0.1, 0.15) is 24.2 Å². The maximum absolute atomic E-state index is 13.6. The molecule has 3 aromatic rings. The molecule has 0 radical (unpaired) electrons. The Morgan fingerprint density at radius 3 is 2.30 bits per heavy atom. The lowest BCUT2D eigenvalue weighted by atomic mass is 10.2. The van der Waals surface area contributed by atoms with Gasteiger partial charge in [-0.2, -0.15) is 4.31 Å². The van der Waals surface area contributed by atoms with Gasteiger partial charge in [0.15, 0.2) is 11.5 Å². The maximum Gasteiger partial charge on any atom is 0.243 e. The first-order valence-electron chi connectivity index (χ1n) is 11.7. The van der Waals surface area contributed by atoms with Crippen LogP contribution in [-0.4, -0.2) is 54.6 Å². The predicted molar refractivity (Wildman–Crippen MR) is 135 cm³/mol. The fourth-order valence-corrected chi connectivity index (χ4v) is 6.48. The molecule has 0 spiro atoms. The number of methoxy groups -OCH3 is 2. The number of benzene rings is 2. The van der Waals surface area contributed by atoms with E-state index in [0.29, 0.717) is 29.4 Å². The van der Waals surface area contributed by atoms with Crippen LogP contribution in [0.3, 0.4) is 0 Å². The Bertz CT molecular complexity index is 1380. The topological polar surface area (TPSA) is 124 Å².